The Morgan fingerprint density at radius 1 is 1.53 bits per heavy atom. The summed E-state index contributed by atoms with van der Waals surface area (Å²) in [6.07, 6.45) is 5.01. The van der Waals surface area contributed by atoms with Crippen molar-refractivity contribution < 1.29 is 4.79 Å². The quantitative estimate of drug-likeness (QED) is 0.896. The Bertz CT molecular complexity index is 383. The van der Waals surface area contributed by atoms with Gasteiger partial charge in [-0.25, -0.2) is 0 Å². The number of halogens is 1. The van der Waals surface area contributed by atoms with E-state index in [4.69, 9.17) is 5.73 Å². The number of nitrogens with two attached hydrogens (primary N) is 1. The van der Waals surface area contributed by atoms with Gasteiger partial charge in [0.1, 0.15) is 5.69 Å². The van der Waals surface area contributed by atoms with Crippen LogP contribution in [-0.2, 0) is 0 Å². The highest BCUT2D eigenvalue weighted by atomic mass is 79.9. The number of carbonyl (C=O) groups excluding carboxylic acids is 1. The van der Waals surface area contributed by atoms with Crippen LogP contribution in [0.3, 0.4) is 0 Å². The number of nitrogens with one attached hydrogen (secondary N) is 1. The number of piperidine rings is 1. The first kappa shape index (κ1) is 12.6. The Morgan fingerprint density at radius 2 is 2.24 bits per heavy atom. The highest BCUT2D eigenvalue weighted by molar-refractivity contribution is 9.10. The van der Waals surface area contributed by atoms with Crippen LogP contribution in [0.5, 0.6) is 0 Å². The van der Waals surface area contributed by atoms with Crippen LogP contribution >= 0.6 is 15.9 Å². The van der Waals surface area contributed by atoms with Crippen molar-refractivity contribution in [3.05, 3.63) is 22.4 Å². The molecule has 4 nitrogen and oxygen atoms in total. The van der Waals surface area contributed by atoms with Gasteiger partial charge in [0.05, 0.1) is 0 Å². The normalized spacial score (nSPS) is 17.4. The summed E-state index contributed by atoms with van der Waals surface area (Å²) in [6, 6.07) is 1.83. The third kappa shape index (κ3) is 3.10. The topological polar surface area (TPSA) is 62.1 Å². The second-order valence-corrected chi connectivity index (χ2v) is 5.46. The molecule has 2 heterocycles. The number of amides is 1. The SMILES string of the molecule is NCCC1CCN(C(=O)c2cc(Br)c[nH]2)CC1. The van der Waals surface area contributed by atoms with Gasteiger partial charge < -0.3 is 15.6 Å². The molecule has 0 bridgehead atoms. The summed E-state index contributed by atoms with van der Waals surface area (Å²) < 4.78 is 0.916. The third-order valence-electron chi connectivity index (χ3n) is 3.35. The third-order valence-corrected chi connectivity index (χ3v) is 3.81. The molecule has 2 rings (SSSR count). The molecule has 1 aromatic rings. The fourth-order valence-corrected chi connectivity index (χ4v) is 2.67. The maximum Gasteiger partial charge on any atom is 0.270 e. The zero-order chi connectivity index (χ0) is 12.3. The van der Waals surface area contributed by atoms with Crippen molar-refractivity contribution in [1.82, 2.24) is 9.88 Å². The predicted molar refractivity (Wildman–Crippen MR) is 70.8 cm³/mol. The van der Waals surface area contributed by atoms with Crippen LogP contribution in [0, 0.1) is 5.92 Å². The lowest BCUT2D eigenvalue weighted by molar-refractivity contribution is 0.0682. The number of likely N-dealkylation sites (tertiary alicyclic amines) is 1. The summed E-state index contributed by atoms with van der Waals surface area (Å²) in [4.78, 5) is 17.0. The van der Waals surface area contributed by atoms with E-state index in [0.29, 0.717) is 11.6 Å². The van der Waals surface area contributed by atoms with E-state index in [1.807, 2.05) is 11.0 Å². The largest absolute Gasteiger partial charge is 0.356 e. The summed E-state index contributed by atoms with van der Waals surface area (Å²) in [5, 5.41) is 0. The maximum absolute atomic E-state index is 12.1. The van der Waals surface area contributed by atoms with E-state index in [1.54, 1.807) is 6.20 Å². The van der Waals surface area contributed by atoms with E-state index in [0.717, 1.165) is 43.4 Å². The summed E-state index contributed by atoms with van der Waals surface area (Å²) in [7, 11) is 0. The van der Waals surface area contributed by atoms with Crippen LogP contribution in [0.25, 0.3) is 0 Å². The highest BCUT2D eigenvalue weighted by Crippen LogP contribution is 2.21. The molecule has 1 amide bonds. The van der Waals surface area contributed by atoms with E-state index >= 15 is 0 Å². The van der Waals surface area contributed by atoms with Crippen molar-refractivity contribution in [3.8, 4) is 0 Å². The number of hydrogen-bond donors (Lipinski definition) is 2. The first-order chi connectivity index (χ1) is 8.20. The Balaban J connectivity index is 1.90. The molecule has 1 saturated heterocycles. The van der Waals surface area contributed by atoms with Crippen LogP contribution < -0.4 is 5.73 Å². The zero-order valence-corrected chi connectivity index (χ0v) is 11.4. The summed E-state index contributed by atoms with van der Waals surface area (Å²) >= 11 is 3.34. The number of aromatic amines is 1. The Morgan fingerprint density at radius 3 is 2.76 bits per heavy atom. The van der Waals surface area contributed by atoms with Gasteiger partial charge in [0.15, 0.2) is 0 Å². The Hall–Kier alpha value is -0.810. The van der Waals surface area contributed by atoms with Gasteiger partial charge in [-0.3, -0.25) is 4.79 Å². The van der Waals surface area contributed by atoms with Crippen LogP contribution in [-0.4, -0.2) is 35.4 Å². The van der Waals surface area contributed by atoms with E-state index in [1.165, 1.54) is 0 Å². The molecular formula is C12H18BrN3O. The number of hydrogen-bond acceptors (Lipinski definition) is 2. The van der Waals surface area contributed by atoms with E-state index in [9.17, 15) is 4.79 Å². The Labute approximate surface area is 110 Å². The molecule has 17 heavy (non-hydrogen) atoms. The van der Waals surface area contributed by atoms with Crippen molar-refractivity contribution in [2.45, 2.75) is 19.3 Å². The smallest absolute Gasteiger partial charge is 0.270 e. The Kier molecular flexibility index (Phi) is 4.23. The number of rotatable bonds is 3. The van der Waals surface area contributed by atoms with Crippen molar-refractivity contribution in [3.63, 3.8) is 0 Å². The molecule has 1 fully saturated rings. The molecule has 0 aromatic carbocycles. The van der Waals surface area contributed by atoms with Crippen LogP contribution in [0.15, 0.2) is 16.7 Å². The lowest BCUT2D eigenvalue weighted by atomic mass is 9.93. The van der Waals surface area contributed by atoms with Crippen molar-refractivity contribution in [1.29, 1.82) is 0 Å². The van der Waals surface area contributed by atoms with Crippen LogP contribution in [0.1, 0.15) is 29.8 Å². The first-order valence-corrected chi connectivity index (χ1v) is 6.83. The van der Waals surface area contributed by atoms with Gasteiger partial charge in [-0.1, -0.05) is 0 Å². The molecular weight excluding hydrogens is 282 g/mol. The van der Waals surface area contributed by atoms with Gasteiger partial charge in [-0.05, 0) is 53.7 Å². The average Bonchev–Trinajstić information content (AvgIpc) is 2.76. The summed E-state index contributed by atoms with van der Waals surface area (Å²) in [6.45, 7) is 2.45. The molecule has 5 heteroatoms. The molecule has 0 unspecified atom stereocenters. The van der Waals surface area contributed by atoms with Crippen molar-refractivity contribution in [2.75, 3.05) is 19.6 Å². The van der Waals surface area contributed by atoms with Gasteiger partial charge in [0, 0.05) is 23.8 Å². The van der Waals surface area contributed by atoms with Gasteiger partial charge >= 0.3 is 0 Å². The minimum Gasteiger partial charge on any atom is -0.356 e. The fourth-order valence-electron chi connectivity index (χ4n) is 2.32. The predicted octanol–water partition coefficient (Wildman–Crippen LogP) is 1.98. The van der Waals surface area contributed by atoms with Crippen molar-refractivity contribution >= 4 is 21.8 Å². The van der Waals surface area contributed by atoms with E-state index in [2.05, 4.69) is 20.9 Å². The van der Waals surface area contributed by atoms with E-state index in [-0.39, 0.29) is 5.91 Å². The van der Waals surface area contributed by atoms with Gasteiger partial charge in [-0.2, -0.15) is 0 Å². The number of carbonyl (C=O) groups is 1. The minimum absolute atomic E-state index is 0.0990. The summed E-state index contributed by atoms with van der Waals surface area (Å²) in [5.41, 5.74) is 6.22. The molecule has 3 N–H and O–H groups in total. The second kappa shape index (κ2) is 5.69. The average molecular weight is 300 g/mol. The molecule has 0 aliphatic carbocycles. The lowest BCUT2D eigenvalue weighted by Gasteiger charge is -2.31. The van der Waals surface area contributed by atoms with E-state index < -0.39 is 0 Å². The molecule has 0 atom stereocenters. The van der Waals surface area contributed by atoms with Gasteiger partial charge in [0.25, 0.3) is 5.91 Å². The maximum atomic E-state index is 12.1. The number of nitrogens with zero attached hydrogens (tertiary/aromatic N) is 1. The molecule has 94 valence electrons. The van der Waals surface area contributed by atoms with Gasteiger partial charge in [-0.15, -0.1) is 0 Å². The van der Waals surface area contributed by atoms with Crippen LogP contribution in [0.4, 0.5) is 0 Å². The standard InChI is InChI=1S/C12H18BrN3O/c13-10-7-11(15-8-10)12(17)16-5-2-9(1-4-14)3-6-16/h7-9,15H,1-6,14H2. The first-order valence-electron chi connectivity index (χ1n) is 6.04. The van der Waals surface area contributed by atoms with Crippen molar-refractivity contribution in [2.24, 2.45) is 11.7 Å². The van der Waals surface area contributed by atoms with Gasteiger partial charge in [0.2, 0.25) is 0 Å². The minimum atomic E-state index is 0.0990. The van der Waals surface area contributed by atoms with Crippen LogP contribution in [0.2, 0.25) is 0 Å². The summed E-state index contributed by atoms with van der Waals surface area (Å²) in [5.74, 6) is 0.793. The molecule has 0 radical (unpaired) electrons. The molecule has 1 aromatic heterocycles. The molecule has 1 aliphatic heterocycles. The molecule has 0 spiro atoms. The highest BCUT2D eigenvalue weighted by Gasteiger charge is 2.23. The fraction of sp³-hybridized carbons (Fsp3) is 0.583. The zero-order valence-electron chi connectivity index (χ0n) is 9.79. The molecule has 0 saturated carbocycles. The second-order valence-electron chi connectivity index (χ2n) is 4.54. The number of H-pyrrole nitrogens is 1. The lowest BCUT2D eigenvalue weighted by Crippen LogP contribution is -2.39. The monoisotopic (exact) mass is 299 g/mol. The number of aromatic nitrogens is 1. The molecule has 1 aliphatic rings.